The van der Waals surface area contributed by atoms with Crippen molar-refractivity contribution in [1.82, 2.24) is 0 Å². The molecular formula is C14H10O10S2. The molecule has 0 aliphatic rings. The molecule has 2 rings (SSSR count). The molecule has 0 saturated carbocycles. The third-order valence-electron chi connectivity index (χ3n) is 3.30. The van der Waals surface area contributed by atoms with Gasteiger partial charge < -0.3 is 10.2 Å². The van der Waals surface area contributed by atoms with Crippen LogP contribution in [0.1, 0.15) is 20.7 Å². The maximum Gasteiger partial charge on any atom is 0.335 e. The van der Waals surface area contributed by atoms with Crippen LogP contribution in [0, 0.1) is 0 Å². The van der Waals surface area contributed by atoms with Crippen LogP contribution >= 0.6 is 0 Å². The van der Waals surface area contributed by atoms with Gasteiger partial charge in [-0.15, -0.1) is 0 Å². The second-order valence-corrected chi connectivity index (χ2v) is 7.76. The zero-order chi connectivity index (χ0) is 19.9. The van der Waals surface area contributed by atoms with Crippen molar-refractivity contribution in [3.63, 3.8) is 0 Å². The monoisotopic (exact) mass is 402 g/mol. The lowest BCUT2D eigenvalue weighted by molar-refractivity contribution is 0.0685. The number of carboxylic acid groups (broad SMARTS) is 2. The summed E-state index contributed by atoms with van der Waals surface area (Å²) in [5, 5.41) is 17.9. The Morgan fingerprint density at radius 3 is 1.19 bits per heavy atom. The van der Waals surface area contributed by atoms with Crippen LogP contribution in [0.15, 0.2) is 46.2 Å². The SMILES string of the molecule is O=C(O)c1ccc(-c2ccc(C(=O)O)cc2S(=O)(=O)O)c(S(=O)(=O)O)c1. The van der Waals surface area contributed by atoms with Crippen LogP contribution in [-0.2, 0) is 20.2 Å². The molecule has 4 N–H and O–H groups in total. The van der Waals surface area contributed by atoms with Gasteiger partial charge in [0.25, 0.3) is 20.2 Å². The first kappa shape index (κ1) is 19.5. The summed E-state index contributed by atoms with van der Waals surface area (Å²) in [4.78, 5) is 20.1. The van der Waals surface area contributed by atoms with E-state index in [1.165, 1.54) is 0 Å². The van der Waals surface area contributed by atoms with Crippen molar-refractivity contribution >= 4 is 32.2 Å². The van der Waals surface area contributed by atoms with Gasteiger partial charge in [0.2, 0.25) is 0 Å². The van der Waals surface area contributed by atoms with Gasteiger partial charge in [0.15, 0.2) is 0 Å². The van der Waals surface area contributed by atoms with Crippen molar-refractivity contribution in [2.75, 3.05) is 0 Å². The summed E-state index contributed by atoms with van der Waals surface area (Å²) in [7, 11) is -9.96. The molecule has 26 heavy (non-hydrogen) atoms. The minimum Gasteiger partial charge on any atom is -0.478 e. The van der Waals surface area contributed by atoms with Gasteiger partial charge in [-0.3, -0.25) is 9.11 Å². The van der Waals surface area contributed by atoms with E-state index in [1.807, 2.05) is 0 Å². The van der Waals surface area contributed by atoms with Gasteiger partial charge in [-0.25, -0.2) is 9.59 Å². The van der Waals surface area contributed by atoms with E-state index in [1.54, 1.807) is 0 Å². The summed E-state index contributed by atoms with van der Waals surface area (Å²) < 4.78 is 65.1. The molecule has 2 aromatic carbocycles. The molecule has 0 aliphatic carbocycles. The Morgan fingerprint density at radius 1 is 0.654 bits per heavy atom. The van der Waals surface area contributed by atoms with Crippen molar-refractivity contribution in [3.8, 4) is 11.1 Å². The van der Waals surface area contributed by atoms with Crippen molar-refractivity contribution in [2.24, 2.45) is 0 Å². The van der Waals surface area contributed by atoms with E-state index in [-0.39, 0.29) is 0 Å². The van der Waals surface area contributed by atoms with Crippen LogP contribution in [0.5, 0.6) is 0 Å². The molecule has 0 unspecified atom stereocenters. The van der Waals surface area contributed by atoms with E-state index in [0.717, 1.165) is 24.3 Å². The van der Waals surface area contributed by atoms with Gasteiger partial charge >= 0.3 is 11.9 Å². The summed E-state index contributed by atoms with van der Waals surface area (Å²) in [6, 6.07) is 4.93. The van der Waals surface area contributed by atoms with Gasteiger partial charge in [-0.05, 0) is 24.3 Å². The highest BCUT2D eigenvalue weighted by molar-refractivity contribution is 7.86. The number of benzene rings is 2. The number of rotatable bonds is 5. The smallest absolute Gasteiger partial charge is 0.335 e. The maximum absolute atomic E-state index is 11.6. The quantitative estimate of drug-likeness (QED) is 0.531. The molecule has 10 nitrogen and oxygen atoms in total. The molecule has 2 aromatic rings. The van der Waals surface area contributed by atoms with E-state index >= 15 is 0 Å². The topological polar surface area (TPSA) is 183 Å². The van der Waals surface area contributed by atoms with Crippen LogP contribution in [-0.4, -0.2) is 48.1 Å². The third-order valence-corrected chi connectivity index (χ3v) is 5.09. The number of carboxylic acids is 2. The average Bonchev–Trinajstić information content (AvgIpc) is 2.52. The molecule has 138 valence electrons. The van der Waals surface area contributed by atoms with Crippen molar-refractivity contribution in [1.29, 1.82) is 0 Å². The first-order valence-electron chi connectivity index (χ1n) is 6.52. The normalized spacial score (nSPS) is 11.9. The molecule has 0 spiro atoms. The minimum atomic E-state index is -4.98. The molecule has 0 amide bonds. The number of carbonyl (C=O) groups is 2. The highest BCUT2D eigenvalue weighted by atomic mass is 32.2. The number of aromatic carboxylic acids is 2. The lowest BCUT2D eigenvalue weighted by Gasteiger charge is -2.12. The molecule has 0 aliphatic heterocycles. The van der Waals surface area contributed by atoms with Crippen molar-refractivity contribution in [3.05, 3.63) is 47.5 Å². The van der Waals surface area contributed by atoms with E-state index in [0.29, 0.717) is 12.1 Å². The van der Waals surface area contributed by atoms with E-state index in [4.69, 9.17) is 10.2 Å². The Morgan fingerprint density at radius 2 is 0.962 bits per heavy atom. The molecular weight excluding hydrogens is 392 g/mol. The highest BCUT2D eigenvalue weighted by Crippen LogP contribution is 2.34. The molecule has 0 saturated heterocycles. The average molecular weight is 402 g/mol. The Labute approximate surface area is 146 Å². The molecule has 12 heteroatoms. The Kier molecular flexibility index (Phi) is 4.88. The van der Waals surface area contributed by atoms with Crippen molar-refractivity contribution < 1.29 is 45.7 Å². The van der Waals surface area contributed by atoms with E-state index in [9.17, 15) is 35.5 Å². The fraction of sp³-hybridized carbons (Fsp3) is 0. The van der Waals surface area contributed by atoms with Crippen LogP contribution in [0.2, 0.25) is 0 Å². The number of hydrogen-bond acceptors (Lipinski definition) is 6. The molecule has 0 heterocycles. The fourth-order valence-corrected chi connectivity index (χ4v) is 3.65. The third kappa shape index (κ3) is 3.88. The van der Waals surface area contributed by atoms with Gasteiger partial charge in [-0.2, -0.15) is 16.8 Å². The lowest BCUT2D eigenvalue weighted by atomic mass is 10.0. The molecule has 0 radical (unpaired) electrons. The van der Waals surface area contributed by atoms with Crippen LogP contribution in [0.25, 0.3) is 11.1 Å². The summed E-state index contributed by atoms with van der Waals surface area (Å²) in [6.07, 6.45) is 0. The zero-order valence-electron chi connectivity index (χ0n) is 12.5. The zero-order valence-corrected chi connectivity index (χ0v) is 14.2. The molecule has 0 atom stereocenters. The summed E-state index contributed by atoms with van der Waals surface area (Å²) in [5.74, 6) is -3.00. The Bertz CT molecular complexity index is 1040. The summed E-state index contributed by atoms with van der Waals surface area (Å²) in [5.41, 5.74) is -1.89. The van der Waals surface area contributed by atoms with Gasteiger partial charge in [-0.1, -0.05) is 12.1 Å². The molecule has 0 aromatic heterocycles. The van der Waals surface area contributed by atoms with Gasteiger partial charge in [0, 0.05) is 11.1 Å². The van der Waals surface area contributed by atoms with Crippen LogP contribution in [0.3, 0.4) is 0 Å². The second kappa shape index (κ2) is 6.49. The largest absolute Gasteiger partial charge is 0.478 e. The van der Waals surface area contributed by atoms with E-state index in [2.05, 4.69) is 0 Å². The van der Waals surface area contributed by atoms with Gasteiger partial charge in [0.05, 0.1) is 11.1 Å². The van der Waals surface area contributed by atoms with Gasteiger partial charge in [0.1, 0.15) is 9.79 Å². The van der Waals surface area contributed by atoms with Crippen LogP contribution < -0.4 is 0 Å². The standard InChI is InChI=1S/C14H10O10S2/c15-13(16)7-1-3-9(11(5-7)25(19,20)21)10-4-2-8(14(17)18)6-12(10)26(22,23)24/h1-6H,(H,15,16)(H,17,18)(H,19,20,21)(H,22,23,24). The first-order valence-corrected chi connectivity index (χ1v) is 9.40. The van der Waals surface area contributed by atoms with Crippen LogP contribution in [0.4, 0.5) is 0 Å². The lowest BCUT2D eigenvalue weighted by Crippen LogP contribution is -2.08. The summed E-state index contributed by atoms with van der Waals surface area (Å²) >= 11 is 0. The maximum atomic E-state index is 11.6. The summed E-state index contributed by atoms with van der Waals surface area (Å²) in [6.45, 7) is 0. The fourth-order valence-electron chi connectivity index (χ4n) is 2.18. The highest BCUT2D eigenvalue weighted by Gasteiger charge is 2.25. The Balaban J connectivity index is 2.92. The predicted octanol–water partition coefficient (Wildman–Crippen LogP) is 1.24. The minimum absolute atomic E-state index is 0.443. The second-order valence-electron chi connectivity index (χ2n) is 4.98. The number of hydrogen-bond donors (Lipinski definition) is 4. The Hall–Kier alpha value is -2.80. The predicted molar refractivity (Wildman–Crippen MR) is 85.4 cm³/mol. The van der Waals surface area contributed by atoms with E-state index < -0.39 is 64.2 Å². The molecule has 0 fully saturated rings. The van der Waals surface area contributed by atoms with Crippen molar-refractivity contribution in [2.45, 2.75) is 9.79 Å². The molecule has 0 bridgehead atoms. The first-order chi connectivity index (χ1) is 11.8.